The third-order valence-electron chi connectivity index (χ3n) is 2.81. The van der Waals surface area contributed by atoms with Gasteiger partial charge < -0.3 is 20.3 Å². The van der Waals surface area contributed by atoms with Crippen LogP contribution in [0, 0.1) is 11.8 Å². The van der Waals surface area contributed by atoms with Crippen LogP contribution < -0.4 is 10.6 Å². The molecule has 0 amide bonds. The van der Waals surface area contributed by atoms with Crippen molar-refractivity contribution >= 4 is 5.90 Å². The summed E-state index contributed by atoms with van der Waals surface area (Å²) in [5.41, 5.74) is 0.889. The van der Waals surface area contributed by atoms with Gasteiger partial charge in [-0.1, -0.05) is 24.5 Å². The van der Waals surface area contributed by atoms with E-state index in [2.05, 4.69) is 34.0 Å². The minimum atomic E-state index is -1.27. The van der Waals surface area contributed by atoms with Crippen molar-refractivity contribution in [2.75, 3.05) is 21.2 Å². The van der Waals surface area contributed by atoms with Gasteiger partial charge in [0.2, 0.25) is 5.90 Å². The first-order chi connectivity index (χ1) is 10.5. The monoisotopic (exact) mass is 306 g/mol. The molecule has 2 unspecified atom stereocenters. The molecule has 120 valence electrons. The molecule has 2 N–H and O–H groups in total. The molecular formula is C16H23FN4O. The number of hydrogen-bond acceptors (Lipinski definition) is 5. The van der Waals surface area contributed by atoms with E-state index in [1.165, 1.54) is 6.08 Å². The van der Waals surface area contributed by atoms with Crippen LogP contribution in [0.25, 0.3) is 0 Å². The second-order valence-corrected chi connectivity index (χ2v) is 4.84. The maximum Gasteiger partial charge on any atom is 0.215 e. The van der Waals surface area contributed by atoms with Gasteiger partial charge in [0.25, 0.3) is 0 Å². The molecule has 0 radical (unpaired) electrons. The smallest absolute Gasteiger partial charge is 0.215 e. The predicted molar refractivity (Wildman–Crippen MR) is 87.5 cm³/mol. The van der Waals surface area contributed by atoms with E-state index in [0.29, 0.717) is 12.3 Å². The van der Waals surface area contributed by atoms with Crippen LogP contribution in [0.15, 0.2) is 41.3 Å². The van der Waals surface area contributed by atoms with Gasteiger partial charge >= 0.3 is 0 Å². The molecule has 0 aliphatic carbocycles. The molecule has 0 fully saturated rings. The lowest BCUT2D eigenvalue weighted by atomic mass is 10.3. The van der Waals surface area contributed by atoms with Crippen LogP contribution in [0.2, 0.25) is 0 Å². The van der Waals surface area contributed by atoms with Crippen molar-refractivity contribution in [1.82, 2.24) is 15.5 Å². The van der Waals surface area contributed by atoms with Gasteiger partial charge in [0.05, 0.1) is 7.11 Å². The highest BCUT2D eigenvalue weighted by Crippen LogP contribution is 2.06. The van der Waals surface area contributed by atoms with Gasteiger partial charge in [0.15, 0.2) is 12.5 Å². The van der Waals surface area contributed by atoms with Crippen molar-refractivity contribution in [3.8, 4) is 11.8 Å². The van der Waals surface area contributed by atoms with Crippen molar-refractivity contribution < 1.29 is 9.13 Å². The molecule has 0 bridgehead atoms. The largest absolute Gasteiger partial charge is 0.481 e. The zero-order chi connectivity index (χ0) is 16.5. The van der Waals surface area contributed by atoms with Gasteiger partial charge in [-0.15, -0.1) is 0 Å². The summed E-state index contributed by atoms with van der Waals surface area (Å²) in [5, 5.41) is 6.43. The summed E-state index contributed by atoms with van der Waals surface area (Å²) in [6, 6.07) is 0. The molecule has 6 heteroatoms. The van der Waals surface area contributed by atoms with Gasteiger partial charge in [0, 0.05) is 32.3 Å². The second kappa shape index (κ2) is 8.78. The molecule has 1 aliphatic rings. The fourth-order valence-corrected chi connectivity index (χ4v) is 1.63. The van der Waals surface area contributed by atoms with E-state index in [-0.39, 0.29) is 6.29 Å². The summed E-state index contributed by atoms with van der Waals surface area (Å²) < 4.78 is 18.0. The Hall–Kier alpha value is -2.42. The Morgan fingerprint density at radius 2 is 2.41 bits per heavy atom. The highest BCUT2D eigenvalue weighted by molar-refractivity contribution is 5.88. The Balaban J connectivity index is 2.62. The fourth-order valence-electron chi connectivity index (χ4n) is 1.63. The SMILES string of the molecule is C=CC(F)C#CC/C=C(\C)NC1N=C(OC)C=C(N(C)C)N1. The second-order valence-electron chi connectivity index (χ2n) is 4.84. The number of methoxy groups -OCH3 is 1. The minimum absolute atomic E-state index is 0.330. The standard InChI is InChI=1S/C16H23FN4O/c1-6-13(17)10-8-7-9-12(2)18-16-19-14(21(3)4)11-15(20-16)22-5/h6,9,11,13,16,18-19H,1,7H2,2-5H3/b12-9+. The van der Waals surface area contributed by atoms with Gasteiger partial charge in [0.1, 0.15) is 5.82 Å². The summed E-state index contributed by atoms with van der Waals surface area (Å²) in [6.45, 7) is 5.24. The number of hydrogen-bond donors (Lipinski definition) is 2. The van der Waals surface area contributed by atoms with E-state index >= 15 is 0 Å². The van der Waals surface area contributed by atoms with Gasteiger partial charge in [-0.2, -0.15) is 0 Å². The van der Waals surface area contributed by atoms with Gasteiger partial charge in [-0.25, -0.2) is 9.38 Å². The molecule has 0 aromatic heterocycles. The van der Waals surface area contributed by atoms with Crippen LogP contribution in [0.4, 0.5) is 4.39 Å². The van der Waals surface area contributed by atoms with E-state index < -0.39 is 6.17 Å². The summed E-state index contributed by atoms with van der Waals surface area (Å²) in [6.07, 6.45) is 3.72. The van der Waals surface area contributed by atoms with Crippen LogP contribution in [0.3, 0.4) is 0 Å². The van der Waals surface area contributed by atoms with Crippen LogP contribution in [-0.2, 0) is 4.74 Å². The van der Waals surface area contributed by atoms with E-state index in [9.17, 15) is 4.39 Å². The molecule has 0 saturated carbocycles. The summed E-state index contributed by atoms with van der Waals surface area (Å²) >= 11 is 0. The highest BCUT2D eigenvalue weighted by atomic mass is 19.1. The Kier molecular flexibility index (Phi) is 7.03. The number of halogens is 1. The molecule has 0 saturated heterocycles. The Morgan fingerprint density at radius 3 is 3.00 bits per heavy atom. The van der Waals surface area contributed by atoms with Crippen LogP contribution in [0.1, 0.15) is 13.3 Å². The minimum Gasteiger partial charge on any atom is -0.481 e. The average Bonchev–Trinajstić information content (AvgIpc) is 2.50. The van der Waals surface area contributed by atoms with E-state index in [0.717, 1.165) is 11.5 Å². The van der Waals surface area contributed by atoms with Crippen molar-refractivity contribution in [2.24, 2.45) is 4.99 Å². The third-order valence-corrected chi connectivity index (χ3v) is 2.81. The zero-order valence-corrected chi connectivity index (χ0v) is 13.5. The highest BCUT2D eigenvalue weighted by Gasteiger charge is 2.16. The Labute approximate surface area is 131 Å². The summed E-state index contributed by atoms with van der Waals surface area (Å²) in [7, 11) is 5.44. The fraction of sp³-hybridized carbons (Fsp3) is 0.438. The number of nitrogens with zero attached hydrogens (tertiary/aromatic N) is 2. The molecule has 1 rings (SSSR count). The van der Waals surface area contributed by atoms with Crippen molar-refractivity contribution in [3.63, 3.8) is 0 Å². The molecular weight excluding hydrogens is 283 g/mol. The molecule has 0 spiro atoms. The van der Waals surface area contributed by atoms with Crippen molar-refractivity contribution in [1.29, 1.82) is 0 Å². The molecule has 5 nitrogen and oxygen atoms in total. The number of aliphatic imine (C=N–C) groups is 1. The average molecular weight is 306 g/mol. The van der Waals surface area contributed by atoms with E-state index in [1.54, 1.807) is 7.11 Å². The van der Waals surface area contributed by atoms with Gasteiger partial charge in [-0.05, 0) is 13.0 Å². The number of nitrogens with one attached hydrogen (secondary N) is 2. The molecule has 22 heavy (non-hydrogen) atoms. The maximum atomic E-state index is 12.8. The first-order valence-corrected chi connectivity index (χ1v) is 6.92. The third kappa shape index (κ3) is 5.92. The van der Waals surface area contributed by atoms with Gasteiger partial charge in [-0.3, -0.25) is 0 Å². The molecule has 0 aromatic carbocycles. The maximum absolute atomic E-state index is 12.8. The topological polar surface area (TPSA) is 48.9 Å². The van der Waals surface area contributed by atoms with E-state index in [1.807, 2.05) is 38.1 Å². The molecule has 0 aromatic rings. The first kappa shape index (κ1) is 17.6. The predicted octanol–water partition coefficient (Wildman–Crippen LogP) is 1.73. The lowest BCUT2D eigenvalue weighted by molar-refractivity contribution is 0.360. The van der Waals surface area contributed by atoms with Crippen LogP contribution in [0.5, 0.6) is 0 Å². The Bertz CT molecular complexity index is 540. The molecule has 1 heterocycles. The normalized spacial score (nSPS) is 18.8. The quantitative estimate of drug-likeness (QED) is 0.600. The number of rotatable bonds is 5. The zero-order valence-electron chi connectivity index (χ0n) is 13.5. The number of alkyl halides is 1. The van der Waals surface area contributed by atoms with E-state index in [4.69, 9.17) is 4.74 Å². The molecule has 2 atom stereocenters. The van der Waals surface area contributed by atoms with Crippen LogP contribution >= 0.6 is 0 Å². The first-order valence-electron chi connectivity index (χ1n) is 6.92. The number of ether oxygens (including phenoxy) is 1. The van der Waals surface area contributed by atoms with Crippen molar-refractivity contribution in [3.05, 3.63) is 36.3 Å². The van der Waals surface area contributed by atoms with Crippen molar-refractivity contribution in [2.45, 2.75) is 25.8 Å². The lowest BCUT2D eigenvalue weighted by Crippen LogP contribution is -2.45. The van der Waals surface area contributed by atoms with Crippen LogP contribution in [-0.4, -0.2) is 44.5 Å². The molecule has 1 aliphatic heterocycles. The summed E-state index contributed by atoms with van der Waals surface area (Å²) in [5.74, 6) is 6.61. The summed E-state index contributed by atoms with van der Waals surface area (Å²) in [4.78, 5) is 6.30. The number of allylic oxidation sites excluding steroid dienone is 3. The lowest BCUT2D eigenvalue weighted by Gasteiger charge is -2.28. The Morgan fingerprint density at radius 1 is 1.68 bits per heavy atom.